The van der Waals surface area contributed by atoms with Gasteiger partial charge in [-0.05, 0) is 13.3 Å². The lowest BCUT2D eigenvalue weighted by Gasteiger charge is -2.21. The molecule has 1 aliphatic heterocycles. The third-order valence-corrected chi connectivity index (χ3v) is 2.65. The Labute approximate surface area is 96.3 Å². The van der Waals surface area contributed by atoms with E-state index in [1.54, 1.807) is 6.92 Å². The third-order valence-electron chi connectivity index (χ3n) is 2.65. The third kappa shape index (κ3) is 2.84. The molecular formula is C12H19NO3. The summed E-state index contributed by atoms with van der Waals surface area (Å²) < 4.78 is 10.6. The van der Waals surface area contributed by atoms with Crippen LogP contribution in [0.5, 0.6) is 0 Å². The maximum Gasteiger partial charge on any atom is 0.333 e. The molecule has 16 heavy (non-hydrogen) atoms. The van der Waals surface area contributed by atoms with Gasteiger partial charge in [0, 0.05) is 12.0 Å². The van der Waals surface area contributed by atoms with Gasteiger partial charge >= 0.3 is 5.97 Å². The number of hydrogen-bond acceptors (Lipinski definition) is 4. The number of esters is 1. The van der Waals surface area contributed by atoms with Crippen molar-refractivity contribution in [2.45, 2.75) is 39.2 Å². The second kappa shape index (κ2) is 5.14. The lowest BCUT2D eigenvalue weighted by Crippen LogP contribution is -2.34. The fraction of sp³-hybridized carbons (Fsp3) is 0.667. The van der Waals surface area contributed by atoms with E-state index in [9.17, 15) is 4.79 Å². The maximum absolute atomic E-state index is 11.3. The zero-order valence-corrected chi connectivity index (χ0v) is 10.2. The van der Waals surface area contributed by atoms with Crippen molar-refractivity contribution in [2.75, 3.05) is 13.2 Å². The second-order valence-corrected chi connectivity index (χ2v) is 4.08. The van der Waals surface area contributed by atoms with Crippen LogP contribution >= 0.6 is 0 Å². The molecular weight excluding hydrogens is 206 g/mol. The lowest BCUT2D eigenvalue weighted by molar-refractivity contribution is -0.140. The van der Waals surface area contributed by atoms with Crippen LogP contribution in [0.3, 0.4) is 0 Å². The van der Waals surface area contributed by atoms with Crippen LogP contribution < -0.4 is 0 Å². The van der Waals surface area contributed by atoms with Gasteiger partial charge in [-0.3, -0.25) is 0 Å². The highest BCUT2D eigenvalue weighted by Crippen LogP contribution is 2.24. The lowest BCUT2D eigenvalue weighted by atomic mass is 10.0. The fourth-order valence-electron chi connectivity index (χ4n) is 1.41. The number of rotatable bonds is 5. The van der Waals surface area contributed by atoms with Gasteiger partial charge in [0.2, 0.25) is 0 Å². The minimum absolute atomic E-state index is 0.263. The summed E-state index contributed by atoms with van der Waals surface area (Å²) in [6.07, 6.45) is 1.57. The molecule has 0 saturated heterocycles. The molecule has 0 amide bonds. The number of ether oxygens (including phenoxy) is 2. The summed E-state index contributed by atoms with van der Waals surface area (Å²) in [5.74, 6) is 0.376. The SMILES string of the molecule is C=C(C)C(=O)OCC1(CC)COC(CC)=N1. The Bertz CT molecular complexity index is 322. The van der Waals surface area contributed by atoms with Crippen molar-refractivity contribution < 1.29 is 14.3 Å². The monoisotopic (exact) mass is 225 g/mol. The summed E-state index contributed by atoms with van der Waals surface area (Å²) in [6, 6.07) is 0. The van der Waals surface area contributed by atoms with Crippen LogP contribution in [0.25, 0.3) is 0 Å². The van der Waals surface area contributed by atoms with Crippen LogP contribution in [-0.2, 0) is 14.3 Å². The zero-order valence-electron chi connectivity index (χ0n) is 10.2. The fourth-order valence-corrected chi connectivity index (χ4v) is 1.41. The molecule has 0 aromatic rings. The number of hydrogen-bond donors (Lipinski definition) is 0. The van der Waals surface area contributed by atoms with Crippen molar-refractivity contribution in [3.8, 4) is 0 Å². The van der Waals surface area contributed by atoms with E-state index in [0.717, 1.165) is 18.7 Å². The standard InChI is InChI=1S/C12H19NO3/c1-5-10-13-12(6-2,7-15-10)8-16-11(14)9(3)4/h3,5-8H2,1-2,4H3. The summed E-state index contributed by atoms with van der Waals surface area (Å²) in [7, 11) is 0. The number of carbonyl (C=O) groups is 1. The molecule has 0 bridgehead atoms. The van der Waals surface area contributed by atoms with Crippen LogP contribution in [0.15, 0.2) is 17.1 Å². The van der Waals surface area contributed by atoms with Crippen molar-refractivity contribution in [2.24, 2.45) is 4.99 Å². The molecule has 0 saturated carbocycles. The summed E-state index contributed by atoms with van der Waals surface area (Å²) in [6.45, 7) is 9.93. The van der Waals surface area contributed by atoms with Crippen LogP contribution in [-0.4, -0.2) is 30.6 Å². The molecule has 0 aromatic heterocycles. The molecule has 1 atom stereocenters. The molecule has 4 heteroatoms. The van der Waals surface area contributed by atoms with Crippen molar-refractivity contribution >= 4 is 11.9 Å². The quantitative estimate of drug-likeness (QED) is 0.531. The predicted octanol–water partition coefficient (Wildman–Crippen LogP) is 2.09. The Balaban J connectivity index is 2.59. The first-order valence-corrected chi connectivity index (χ1v) is 5.57. The van der Waals surface area contributed by atoms with Gasteiger partial charge in [0.1, 0.15) is 18.8 Å². The molecule has 0 aromatic carbocycles. The van der Waals surface area contributed by atoms with Crippen LogP contribution in [0.2, 0.25) is 0 Å². The van der Waals surface area contributed by atoms with Gasteiger partial charge in [-0.2, -0.15) is 0 Å². The first-order valence-electron chi connectivity index (χ1n) is 5.57. The van der Waals surface area contributed by atoms with E-state index < -0.39 is 5.54 Å². The van der Waals surface area contributed by atoms with E-state index in [4.69, 9.17) is 9.47 Å². The first-order chi connectivity index (χ1) is 7.53. The van der Waals surface area contributed by atoms with E-state index >= 15 is 0 Å². The highest BCUT2D eigenvalue weighted by molar-refractivity contribution is 5.87. The zero-order chi connectivity index (χ0) is 12.2. The molecule has 0 N–H and O–H groups in total. The van der Waals surface area contributed by atoms with Gasteiger partial charge in [0.05, 0.1) is 0 Å². The molecule has 0 aliphatic carbocycles. The second-order valence-electron chi connectivity index (χ2n) is 4.08. The van der Waals surface area contributed by atoms with Crippen molar-refractivity contribution in [1.29, 1.82) is 0 Å². The number of nitrogens with zero attached hydrogens (tertiary/aromatic N) is 1. The Morgan fingerprint density at radius 3 is 2.75 bits per heavy atom. The highest BCUT2D eigenvalue weighted by atomic mass is 16.5. The van der Waals surface area contributed by atoms with Gasteiger partial charge in [-0.1, -0.05) is 20.4 Å². The molecule has 0 radical (unpaired) electrons. The van der Waals surface area contributed by atoms with Gasteiger partial charge in [0.15, 0.2) is 5.90 Å². The molecule has 0 fully saturated rings. The van der Waals surface area contributed by atoms with E-state index in [1.165, 1.54) is 0 Å². The van der Waals surface area contributed by atoms with E-state index in [-0.39, 0.29) is 12.6 Å². The molecule has 1 heterocycles. The summed E-state index contributed by atoms with van der Waals surface area (Å²) >= 11 is 0. The molecule has 1 aliphatic rings. The van der Waals surface area contributed by atoms with E-state index in [1.807, 2.05) is 13.8 Å². The summed E-state index contributed by atoms with van der Waals surface area (Å²) in [5.41, 5.74) is 0.0149. The minimum atomic E-state index is -0.392. The average molecular weight is 225 g/mol. The molecule has 90 valence electrons. The Morgan fingerprint density at radius 2 is 2.31 bits per heavy atom. The Kier molecular flexibility index (Phi) is 4.10. The summed E-state index contributed by atoms with van der Waals surface area (Å²) in [5, 5.41) is 0. The topological polar surface area (TPSA) is 47.9 Å². The van der Waals surface area contributed by atoms with Crippen LogP contribution in [0.1, 0.15) is 33.6 Å². The number of carbonyl (C=O) groups excluding carboxylic acids is 1. The molecule has 1 rings (SSSR count). The highest BCUT2D eigenvalue weighted by Gasteiger charge is 2.36. The molecule has 1 unspecified atom stereocenters. The van der Waals surface area contributed by atoms with Crippen LogP contribution in [0.4, 0.5) is 0 Å². The average Bonchev–Trinajstić information content (AvgIpc) is 2.70. The van der Waals surface area contributed by atoms with Crippen LogP contribution in [0, 0.1) is 0 Å². The molecule has 0 spiro atoms. The van der Waals surface area contributed by atoms with Gasteiger partial charge in [-0.15, -0.1) is 0 Å². The first kappa shape index (κ1) is 12.7. The van der Waals surface area contributed by atoms with Crippen molar-refractivity contribution in [1.82, 2.24) is 0 Å². The minimum Gasteiger partial charge on any atom is -0.478 e. The number of aliphatic imine (C=N–C) groups is 1. The Morgan fingerprint density at radius 1 is 1.62 bits per heavy atom. The smallest absolute Gasteiger partial charge is 0.333 e. The van der Waals surface area contributed by atoms with E-state index in [2.05, 4.69) is 11.6 Å². The summed E-state index contributed by atoms with van der Waals surface area (Å²) in [4.78, 5) is 15.8. The predicted molar refractivity (Wildman–Crippen MR) is 62.5 cm³/mol. The van der Waals surface area contributed by atoms with Crippen molar-refractivity contribution in [3.63, 3.8) is 0 Å². The van der Waals surface area contributed by atoms with Gasteiger partial charge in [0.25, 0.3) is 0 Å². The molecule has 4 nitrogen and oxygen atoms in total. The van der Waals surface area contributed by atoms with Gasteiger partial charge < -0.3 is 9.47 Å². The van der Waals surface area contributed by atoms with Crippen molar-refractivity contribution in [3.05, 3.63) is 12.2 Å². The normalized spacial score (nSPS) is 23.6. The van der Waals surface area contributed by atoms with E-state index in [0.29, 0.717) is 12.2 Å². The maximum atomic E-state index is 11.3. The largest absolute Gasteiger partial charge is 0.478 e. The van der Waals surface area contributed by atoms with Gasteiger partial charge in [-0.25, -0.2) is 9.79 Å². The Hall–Kier alpha value is -1.32.